The predicted molar refractivity (Wildman–Crippen MR) is 135 cm³/mol. The molecule has 2 heterocycles. The summed E-state index contributed by atoms with van der Waals surface area (Å²) in [4.78, 5) is 39.3. The number of methoxy groups -OCH3 is 1. The van der Waals surface area contributed by atoms with Crippen LogP contribution < -0.4 is 15.8 Å². The number of nitrogens with zero attached hydrogens (tertiary/aromatic N) is 2. The molecule has 0 radical (unpaired) electrons. The van der Waals surface area contributed by atoms with Gasteiger partial charge < -0.3 is 20.5 Å². The van der Waals surface area contributed by atoms with E-state index >= 15 is 0 Å². The van der Waals surface area contributed by atoms with E-state index in [1.807, 2.05) is 4.90 Å². The number of benzene rings is 1. The second-order valence-electron chi connectivity index (χ2n) is 8.48. The summed E-state index contributed by atoms with van der Waals surface area (Å²) in [6.07, 6.45) is -0.386. The molecule has 13 heteroatoms. The van der Waals surface area contributed by atoms with Gasteiger partial charge in [-0.1, -0.05) is 0 Å². The molecule has 11 nitrogen and oxygen atoms in total. The number of amides is 2. The Kier molecular flexibility index (Phi) is 8.71. The van der Waals surface area contributed by atoms with Crippen LogP contribution in [0.3, 0.4) is 0 Å². The number of nitrogens with one attached hydrogen (secondary N) is 1. The van der Waals surface area contributed by atoms with E-state index in [4.69, 9.17) is 15.2 Å². The van der Waals surface area contributed by atoms with Crippen molar-refractivity contribution in [1.29, 1.82) is 0 Å². The van der Waals surface area contributed by atoms with Crippen molar-refractivity contribution in [1.82, 2.24) is 9.21 Å². The Balaban J connectivity index is 1.64. The predicted octanol–water partition coefficient (Wildman–Crippen LogP) is 1.67. The van der Waals surface area contributed by atoms with Crippen LogP contribution in [0.4, 0.5) is 5.00 Å². The monoisotopic (exact) mass is 538 g/mol. The summed E-state index contributed by atoms with van der Waals surface area (Å²) in [6.45, 7) is 6.09. The lowest BCUT2D eigenvalue weighted by Crippen LogP contribution is -2.50. The zero-order valence-corrected chi connectivity index (χ0v) is 22.2. The molecule has 1 aromatic carbocycles. The molecule has 1 aliphatic rings. The first-order chi connectivity index (χ1) is 16.9. The first-order valence-corrected chi connectivity index (χ1v) is 13.5. The molecule has 1 aliphatic heterocycles. The molecule has 1 saturated heterocycles. The van der Waals surface area contributed by atoms with E-state index in [9.17, 15) is 22.8 Å². The number of hydrogen-bond acceptors (Lipinski definition) is 9. The van der Waals surface area contributed by atoms with Gasteiger partial charge in [0.1, 0.15) is 10.8 Å². The molecular formula is C23H30N4O7S2. The highest BCUT2D eigenvalue weighted by Crippen LogP contribution is 2.33. The highest BCUT2D eigenvalue weighted by Gasteiger charge is 2.30. The third-order valence-electron chi connectivity index (χ3n) is 5.57. The van der Waals surface area contributed by atoms with Crippen LogP contribution in [-0.4, -0.2) is 81.3 Å². The summed E-state index contributed by atoms with van der Waals surface area (Å²) in [5, 5.41) is 2.88. The summed E-state index contributed by atoms with van der Waals surface area (Å²) in [5.74, 6) is -1.20. The molecule has 196 valence electrons. The molecule has 0 atom stereocenters. The van der Waals surface area contributed by atoms with Crippen molar-refractivity contribution in [3.63, 3.8) is 0 Å². The molecule has 1 aromatic heterocycles. The van der Waals surface area contributed by atoms with Gasteiger partial charge in [0.05, 0.1) is 35.1 Å². The number of carbonyl (C=O) groups excluding carboxylic acids is 3. The molecule has 2 aromatic rings. The van der Waals surface area contributed by atoms with Gasteiger partial charge in [0.25, 0.3) is 5.91 Å². The Morgan fingerprint density at radius 2 is 1.72 bits per heavy atom. The minimum atomic E-state index is -3.67. The lowest BCUT2D eigenvalue weighted by atomic mass is 10.1. The topological polar surface area (TPSA) is 148 Å². The first-order valence-electron chi connectivity index (χ1n) is 11.2. The van der Waals surface area contributed by atoms with E-state index in [0.717, 1.165) is 11.3 Å². The quantitative estimate of drug-likeness (QED) is 0.458. The van der Waals surface area contributed by atoms with Crippen LogP contribution in [0.2, 0.25) is 0 Å². The van der Waals surface area contributed by atoms with Crippen LogP contribution in [0.15, 0.2) is 29.2 Å². The van der Waals surface area contributed by atoms with E-state index in [2.05, 4.69) is 5.32 Å². The number of piperazine rings is 1. The van der Waals surface area contributed by atoms with Gasteiger partial charge >= 0.3 is 5.97 Å². The molecule has 36 heavy (non-hydrogen) atoms. The maximum atomic E-state index is 12.9. The fourth-order valence-electron chi connectivity index (χ4n) is 3.75. The van der Waals surface area contributed by atoms with Crippen LogP contribution in [0, 0.1) is 6.92 Å². The second kappa shape index (κ2) is 11.4. The molecular weight excluding hydrogens is 508 g/mol. The summed E-state index contributed by atoms with van der Waals surface area (Å²) >= 11 is 0.922. The normalized spacial score (nSPS) is 15.0. The number of primary amides is 1. The van der Waals surface area contributed by atoms with E-state index in [1.54, 1.807) is 32.9 Å². The molecule has 0 aliphatic carbocycles. The Morgan fingerprint density at radius 3 is 2.25 bits per heavy atom. The van der Waals surface area contributed by atoms with E-state index < -0.39 is 27.8 Å². The summed E-state index contributed by atoms with van der Waals surface area (Å²) in [7, 11) is -2.16. The number of anilines is 1. The highest BCUT2D eigenvalue weighted by atomic mass is 32.2. The van der Waals surface area contributed by atoms with Crippen LogP contribution in [-0.2, 0) is 19.6 Å². The van der Waals surface area contributed by atoms with Gasteiger partial charge in [0.2, 0.25) is 15.9 Å². The molecule has 3 N–H and O–H groups in total. The summed E-state index contributed by atoms with van der Waals surface area (Å²) in [6, 6.07) is 6.18. The van der Waals surface area contributed by atoms with E-state index in [0.29, 0.717) is 24.4 Å². The Morgan fingerprint density at radius 1 is 1.11 bits per heavy atom. The van der Waals surface area contributed by atoms with Gasteiger partial charge in [-0.15, -0.1) is 11.3 Å². The van der Waals surface area contributed by atoms with Gasteiger partial charge in [-0.2, -0.15) is 4.31 Å². The maximum absolute atomic E-state index is 12.9. The number of esters is 1. The molecule has 0 spiro atoms. The average Bonchev–Trinajstić information content (AvgIpc) is 3.14. The van der Waals surface area contributed by atoms with Gasteiger partial charge in [0.15, 0.2) is 0 Å². The summed E-state index contributed by atoms with van der Waals surface area (Å²) in [5.41, 5.74) is 5.88. The van der Waals surface area contributed by atoms with Crippen LogP contribution in [0.25, 0.3) is 0 Å². The number of ether oxygens (including phenoxy) is 2. The maximum Gasteiger partial charge on any atom is 0.341 e. The molecule has 0 saturated carbocycles. The Labute approximate surface area is 214 Å². The lowest BCUT2D eigenvalue weighted by molar-refractivity contribution is -0.117. The van der Waals surface area contributed by atoms with E-state index in [-0.39, 0.29) is 46.1 Å². The van der Waals surface area contributed by atoms with Gasteiger partial charge in [0, 0.05) is 26.2 Å². The van der Waals surface area contributed by atoms with Crippen molar-refractivity contribution in [2.45, 2.75) is 31.8 Å². The third-order valence-corrected chi connectivity index (χ3v) is 8.70. The second-order valence-corrected chi connectivity index (χ2v) is 11.4. The average molecular weight is 539 g/mol. The van der Waals surface area contributed by atoms with Crippen molar-refractivity contribution in [2.75, 3.05) is 45.2 Å². The van der Waals surface area contributed by atoms with Crippen molar-refractivity contribution >= 4 is 44.1 Å². The molecule has 1 fully saturated rings. The first kappa shape index (κ1) is 27.6. The number of rotatable bonds is 9. The Bertz CT molecular complexity index is 1230. The number of carbonyl (C=O) groups is 3. The standard InChI is InChI=1S/C23H30N4O7S2/c1-14(2)34-23(30)19-15(3)20(21(24)29)35-22(19)25-18(28)13-26-9-11-27(12-10-26)36(31,32)17-7-5-16(33-4)6-8-17/h5-8,14H,9-13H2,1-4H3,(H2,24,29)(H,25,28). The molecule has 2 amide bonds. The number of hydrogen-bond donors (Lipinski definition) is 2. The number of sulfonamides is 1. The van der Waals surface area contributed by atoms with Gasteiger partial charge in [-0.3, -0.25) is 14.5 Å². The fourth-order valence-corrected chi connectivity index (χ4v) is 6.23. The van der Waals surface area contributed by atoms with Crippen LogP contribution in [0.5, 0.6) is 5.75 Å². The van der Waals surface area contributed by atoms with Crippen molar-refractivity contribution in [3.8, 4) is 5.75 Å². The molecule has 0 bridgehead atoms. The van der Waals surface area contributed by atoms with Crippen molar-refractivity contribution in [2.24, 2.45) is 5.73 Å². The molecule has 0 unspecified atom stereocenters. The van der Waals surface area contributed by atoms with E-state index in [1.165, 1.54) is 23.5 Å². The van der Waals surface area contributed by atoms with Crippen LogP contribution >= 0.6 is 11.3 Å². The zero-order valence-electron chi connectivity index (χ0n) is 20.6. The number of nitrogens with two attached hydrogens (primary N) is 1. The SMILES string of the molecule is COc1ccc(S(=O)(=O)N2CCN(CC(=O)Nc3sc(C(N)=O)c(C)c3C(=O)OC(C)C)CC2)cc1. The third kappa shape index (κ3) is 6.22. The van der Waals surface area contributed by atoms with Gasteiger partial charge in [-0.05, 0) is 50.6 Å². The largest absolute Gasteiger partial charge is 0.497 e. The van der Waals surface area contributed by atoms with Crippen LogP contribution in [0.1, 0.15) is 39.4 Å². The fraction of sp³-hybridized carbons (Fsp3) is 0.435. The van der Waals surface area contributed by atoms with Crippen molar-refractivity contribution < 1.29 is 32.3 Å². The lowest BCUT2D eigenvalue weighted by Gasteiger charge is -2.33. The zero-order chi connectivity index (χ0) is 26.6. The minimum Gasteiger partial charge on any atom is -0.497 e. The highest BCUT2D eigenvalue weighted by molar-refractivity contribution is 7.89. The number of thiophene rings is 1. The molecule has 3 rings (SSSR count). The van der Waals surface area contributed by atoms with Crippen molar-refractivity contribution in [3.05, 3.63) is 40.3 Å². The Hall–Kier alpha value is -3.00. The minimum absolute atomic E-state index is 0.0159. The summed E-state index contributed by atoms with van der Waals surface area (Å²) < 4.78 is 37.6. The smallest absolute Gasteiger partial charge is 0.341 e. The van der Waals surface area contributed by atoms with Gasteiger partial charge in [-0.25, -0.2) is 13.2 Å².